The normalized spacial score (nSPS) is 10.8. The Balaban J connectivity index is 1.99. The van der Waals surface area contributed by atoms with Crippen molar-refractivity contribution in [3.05, 3.63) is 65.4 Å². The Morgan fingerprint density at radius 1 is 1.14 bits per heavy atom. The Bertz CT molecular complexity index is 839. The van der Waals surface area contributed by atoms with Gasteiger partial charge in [-0.2, -0.15) is 0 Å². The van der Waals surface area contributed by atoms with Gasteiger partial charge in [0.2, 0.25) is 0 Å². The lowest BCUT2D eigenvalue weighted by molar-refractivity contribution is 0.0997. The van der Waals surface area contributed by atoms with Gasteiger partial charge in [-0.05, 0) is 37.3 Å². The third-order valence-corrected chi connectivity index (χ3v) is 3.23. The number of fused-ring (bicyclic) bond motifs is 1. The van der Waals surface area contributed by atoms with Crippen LogP contribution in [0.5, 0.6) is 0 Å². The highest BCUT2D eigenvalue weighted by atomic mass is 19.1. The summed E-state index contributed by atoms with van der Waals surface area (Å²) >= 11 is 0. The summed E-state index contributed by atoms with van der Waals surface area (Å²) in [5.74, 6) is -1.48. The molecule has 21 heavy (non-hydrogen) atoms. The molecule has 0 saturated heterocycles. The SMILES string of the molecule is Cc1c(C(=O)Nc2ccccc2F)oc2ccc(F)cc12. The van der Waals surface area contributed by atoms with E-state index in [1.165, 1.54) is 36.4 Å². The molecule has 0 fully saturated rings. The van der Waals surface area contributed by atoms with Crippen LogP contribution in [0.1, 0.15) is 16.1 Å². The lowest BCUT2D eigenvalue weighted by Gasteiger charge is -2.04. The van der Waals surface area contributed by atoms with Crippen LogP contribution in [0.2, 0.25) is 0 Å². The van der Waals surface area contributed by atoms with Crippen LogP contribution in [0.25, 0.3) is 11.0 Å². The van der Waals surface area contributed by atoms with Crippen molar-refractivity contribution >= 4 is 22.6 Å². The topological polar surface area (TPSA) is 42.2 Å². The summed E-state index contributed by atoms with van der Waals surface area (Å²) < 4.78 is 32.2. The number of carbonyl (C=O) groups is 1. The van der Waals surface area contributed by atoms with Crippen molar-refractivity contribution in [3.8, 4) is 0 Å². The van der Waals surface area contributed by atoms with Gasteiger partial charge in [0.25, 0.3) is 5.91 Å². The maximum absolute atomic E-state index is 13.5. The number of amides is 1. The van der Waals surface area contributed by atoms with Crippen molar-refractivity contribution in [2.75, 3.05) is 5.32 Å². The molecule has 0 atom stereocenters. The molecule has 3 nitrogen and oxygen atoms in total. The Labute approximate surface area is 119 Å². The zero-order valence-corrected chi connectivity index (χ0v) is 11.1. The lowest BCUT2D eigenvalue weighted by atomic mass is 10.1. The van der Waals surface area contributed by atoms with Crippen molar-refractivity contribution in [1.29, 1.82) is 0 Å². The van der Waals surface area contributed by atoms with Crippen molar-refractivity contribution in [1.82, 2.24) is 0 Å². The molecule has 0 saturated carbocycles. The second-order valence-electron chi connectivity index (χ2n) is 4.63. The summed E-state index contributed by atoms with van der Waals surface area (Å²) in [7, 11) is 0. The Kier molecular flexibility index (Phi) is 3.17. The zero-order chi connectivity index (χ0) is 15.0. The predicted molar refractivity (Wildman–Crippen MR) is 75.3 cm³/mol. The minimum absolute atomic E-state index is 0.0406. The largest absolute Gasteiger partial charge is 0.451 e. The smallest absolute Gasteiger partial charge is 0.291 e. The van der Waals surface area contributed by atoms with E-state index in [1.54, 1.807) is 13.0 Å². The number of hydrogen-bond acceptors (Lipinski definition) is 2. The lowest BCUT2D eigenvalue weighted by Crippen LogP contribution is -2.13. The summed E-state index contributed by atoms with van der Waals surface area (Å²) in [6.07, 6.45) is 0. The standard InChI is InChI=1S/C16H11F2NO2/c1-9-11-8-10(17)6-7-14(11)21-15(9)16(20)19-13-5-3-2-4-12(13)18/h2-8H,1H3,(H,19,20). The van der Waals surface area contributed by atoms with Crippen molar-refractivity contribution in [2.24, 2.45) is 0 Å². The molecule has 3 rings (SSSR count). The van der Waals surface area contributed by atoms with Crippen LogP contribution in [0.15, 0.2) is 46.9 Å². The molecule has 1 N–H and O–H groups in total. The Morgan fingerprint density at radius 2 is 1.90 bits per heavy atom. The number of furan rings is 1. The molecule has 5 heteroatoms. The minimum Gasteiger partial charge on any atom is -0.451 e. The van der Waals surface area contributed by atoms with Gasteiger partial charge >= 0.3 is 0 Å². The number of rotatable bonds is 2. The number of carbonyl (C=O) groups excluding carboxylic acids is 1. The van der Waals surface area contributed by atoms with E-state index in [1.807, 2.05) is 0 Å². The Hall–Kier alpha value is -2.69. The van der Waals surface area contributed by atoms with E-state index >= 15 is 0 Å². The van der Waals surface area contributed by atoms with E-state index in [4.69, 9.17) is 4.42 Å². The molecule has 3 aromatic rings. The van der Waals surface area contributed by atoms with Gasteiger partial charge in [-0.25, -0.2) is 8.78 Å². The zero-order valence-electron chi connectivity index (χ0n) is 11.1. The van der Waals surface area contributed by atoms with Crippen LogP contribution in [0.4, 0.5) is 14.5 Å². The van der Waals surface area contributed by atoms with Gasteiger partial charge < -0.3 is 9.73 Å². The first kappa shape index (κ1) is 13.3. The van der Waals surface area contributed by atoms with E-state index in [9.17, 15) is 13.6 Å². The molecule has 1 amide bonds. The third kappa shape index (κ3) is 2.38. The van der Waals surface area contributed by atoms with Crippen LogP contribution >= 0.6 is 0 Å². The molecule has 0 aliphatic heterocycles. The third-order valence-electron chi connectivity index (χ3n) is 3.23. The monoisotopic (exact) mass is 287 g/mol. The van der Waals surface area contributed by atoms with Crippen LogP contribution in [0, 0.1) is 18.6 Å². The summed E-state index contributed by atoms with van der Waals surface area (Å²) in [5, 5.41) is 2.96. The number of nitrogens with one attached hydrogen (secondary N) is 1. The fourth-order valence-corrected chi connectivity index (χ4v) is 2.15. The molecule has 106 valence electrons. The van der Waals surface area contributed by atoms with Gasteiger partial charge in [-0.3, -0.25) is 4.79 Å². The van der Waals surface area contributed by atoms with Gasteiger partial charge in [-0.1, -0.05) is 12.1 Å². The first-order valence-corrected chi connectivity index (χ1v) is 6.31. The second-order valence-corrected chi connectivity index (χ2v) is 4.63. The summed E-state index contributed by atoms with van der Waals surface area (Å²) in [6, 6.07) is 9.84. The van der Waals surface area contributed by atoms with Gasteiger partial charge in [0.1, 0.15) is 17.2 Å². The maximum Gasteiger partial charge on any atom is 0.291 e. The molecule has 0 unspecified atom stereocenters. The highest BCUT2D eigenvalue weighted by molar-refractivity contribution is 6.06. The Morgan fingerprint density at radius 3 is 2.67 bits per heavy atom. The molecule has 1 heterocycles. The number of para-hydroxylation sites is 1. The van der Waals surface area contributed by atoms with E-state index in [0.717, 1.165) is 0 Å². The summed E-state index contributed by atoms with van der Waals surface area (Å²) in [6.45, 7) is 1.65. The van der Waals surface area contributed by atoms with E-state index in [2.05, 4.69) is 5.32 Å². The minimum atomic E-state index is -0.575. The van der Waals surface area contributed by atoms with Crippen molar-refractivity contribution in [2.45, 2.75) is 6.92 Å². The first-order valence-electron chi connectivity index (χ1n) is 6.31. The molecular weight excluding hydrogens is 276 g/mol. The summed E-state index contributed by atoms with van der Waals surface area (Å²) in [4.78, 5) is 12.2. The van der Waals surface area contributed by atoms with Crippen molar-refractivity contribution in [3.63, 3.8) is 0 Å². The molecule has 1 aromatic heterocycles. The van der Waals surface area contributed by atoms with Crippen molar-refractivity contribution < 1.29 is 18.0 Å². The average molecular weight is 287 g/mol. The van der Waals surface area contributed by atoms with Gasteiger partial charge in [0, 0.05) is 10.9 Å². The first-order chi connectivity index (χ1) is 10.1. The number of anilines is 1. The average Bonchev–Trinajstić information content (AvgIpc) is 2.79. The highest BCUT2D eigenvalue weighted by Crippen LogP contribution is 2.27. The highest BCUT2D eigenvalue weighted by Gasteiger charge is 2.19. The van der Waals surface area contributed by atoms with Gasteiger partial charge in [-0.15, -0.1) is 0 Å². The van der Waals surface area contributed by atoms with Crippen LogP contribution < -0.4 is 5.32 Å². The van der Waals surface area contributed by atoms with E-state index in [-0.39, 0.29) is 11.4 Å². The van der Waals surface area contributed by atoms with Gasteiger partial charge in [0.05, 0.1) is 5.69 Å². The molecular formula is C16H11F2NO2. The van der Waals surface area contributed by atoms with E-state index in [0.29, 0.717) is 16.5 Å². The maximum atomic E-state index is 13.5. The molecule has 0 bridgehead atoms. The number of hydrogen-bond donors (Lipinski definition) is 1. The number of halogens is 2. The van der Waals surface area contributed by atoms with Gasteiger partial charge in [0.15, 0.2) is 5.76 Å². The number of aryl methyl sites for hydroxylation is 1. The summed E-state index contributed by atoms with van der Waals surface area (Å²) in [5.41, 5.74) is 0.986. The molecule has 0 radical (unpaired) electrons. The van der Waals surface area contributed by atoms with E-state index < -0.39 is 17.5 Å². The molecule has 2 aromatic carbocycles. The van der Waals surface area contributed by atoms with Crippen LogP contribution in [0.3, 0.4) is 0 Å². The van der Waals surface area contributed by atoms with Crippen LogP contribution in [-0.2, 0) is 0 Å². The fourth-order valence-electron chi connectivity index (χ4n) is 2.15. The second kappa shape index (κ2) is 5.01. The fraction of sp³-hybridized carbons (Fsp3) is 0.0625. The molecule has 0 aliphatic rings. The number of benzene rings is 2. The van der Waals surface area contributed by atoms with Crippen LogP contribution in [-0.4, -0.2) is 5.91 Å². The predicted octanol–water partition coefficient (Wildman–Crippen LogP) is 4.27. The quantitative estimate of drug-likeness (QED) is 0.764. The molecule has 0 spiro atoms. The molecule has 0 aliphatic carbocycles.